The Morgan fingerprint density at radius 1 is 1.06 bits per heavy atom. The average Bonchev–Trinajstić information content (AvgIpc) is 3.53. The van der Waals surface area contributed by atoms with Crippen LogP contribution in [0.5, 0.6) is 11.5 Å². The molecule has 0 saturated heterocycles. The molecule has 1 saturated carbocycles. The van der Waals surface area contributed by atoms with Gasteiger partial charge in [-0.2, -0.15) is 0 Å². The van der Waals surface area contributed by atoms with Gasteiger partial charge in [-0.25, -0.2) is 9.48 Å². The zero-order valence-electron chi connectivity index (χ0n) is 16.9. The molecule has 0 amide bonds. The number of benzene rings is 2. The van der Waals surface area contributed by atoms with Gasteiger partial charge < -0.3 is 14.2 Å². The highest BCUT2D eigenvalue weighted by atomic mass is 16.6. The molecule has 1 fully saturated rings. The predicted octanol–water partition coefficient (Wildman–Crippen LogP) is 2.93. The highest BCUT2D eigenvalue weighted by Crippen LogP contribution is 2.36. The first-order valence-electron chi connectivity index (χ1n) is 10.1. The van der Waals surface area contributed by atoms with Crippen molar-refractivity contribution in [2.75, 3.05) is 13.2 Å². The summed E-state index contributed by atoms with van der Waals surface area (Å²) in [6.07, 6.45) is 1.36. The highest BCUT2D eigenvalue weighted by Gasteiger charge is 2.31. The number of rotatable bonds is 6. The Labute approximate surface area is 177 Å². The molecule has 1 unspecified atom stereocenters. The van der Waals surface area contributed by atoms with Crippen molar-refractivity contribution in [3.05, 3.63) is 65.0 Å². The Morgan fingerprint density at radius 3 is 2.58 bits per heavy atom. The highest BCUT2D eigenvalue weighted by molar-refractivity contribution is 6.14. The number of carbonyl (C=O) groups is 2. The summed E-state index contributed by atoms with van der Waals surface area (Å²) in [4.78, 5) is 26.1. The van der Waals surface area contributed by atoms with Gasteiger partial charge in [0.1, 0.15) is 13.2 Å². The molecule has 9 nitrogen and oxygen atoms in total. The number of nitrogens with zero attached hydrogens (tertiary/aromatic N) is 4. The Hall–Kier alpha value is -3.75. The van der Waals surface area contributed by atoms with Crippen molar-refractivity contribution >= 4 is 11.8 Å². The van der Waals surface area contributed by atoms with Gasteiger partial charge in [-0.1, -0.05) is 18.2 Å². The van der Waals surface area contributed by atoms with Crippen LogP contribution < -0.4 is 9.47 Å². The van der Waals surface area contributed by atoms with Crippen LogP contribution in [0.1, 0.15) is 64.0 Å². The molecule has 1 aliphatic carbocycles. The summed E-state index contributed by atoms with van der Waals surface area (Å²) in [5.74, 6) is 0.682. The first kappa shape index (κ1) is 19.2. The second kappa shape index (κ2) is 7.82. The number of ether oxygens (including phenoxy) is 3. The maximum atomic E-state index is 13.2. The lowest BCUT2D eigenvalue weighted by molar-refractivity contribution is 0.0307. The maximum Gasteiger partial charge on any atom is 0.339 e. The molecule has 2 heterocycles. The topological polar surface area (TPSA) is 105 Å². The van der Waals surface area contributed by atoms with Crippen molar-refractivity contribution in [1.29, 1.82) is 0 Å². The lowest BCUT2D eigenvalue weighted by Crippen LogP contribution is -2.18. The molecule has 0 spiro atoms. The minimum Gasteiger partial charge on any atom is -0.486 e. The number of hydrogen-bond acceptors (Lipinski definition) is 8. The van der Waals surface area contributed by atoms with Crippen LogP contribution in [0.4, 0.5) is 0 Å². The van der Waals surface area contributed by atoms with E-state index in [1.54, 1.807) is 54.1 Å². The third-order valence-electron chi connectivity index (χ3n) is 5.25. The van der Waals surface area contributed by atoms with E-state index in [0.29, 0.717) is 36.1 Å². The molecule has 2 aliphatic rings. The number of carbonyl (C=O) groups excluding carboxylic acids is 2. The van der Waals surface area contributed by atoms with Gasteiger partial charge in [0.15, 0.2) is 29.2 Å². The molecule has 158 valence electrons. The number of hydrogen-bond donors (Lipinski definition) is 0. The quantitative estimate of drug-likeness (QED) is 0.443. The van der Waals surface area contributed by atoms with Crippen LogP contribution in [0.15, 0.2) is 42.5 Å². The van der Waals surface area contributed by atoms with Gasteiger partial charge in [0.05, 0.1) is 11.6 Å². The fourth-order valence-corrected chi connectivity index (χ4v) is 3.52. The van der Waals surface area contributed by atoms with Crippen LogP contribution in [0.2, 0.25) is 0 Å². The second-order valence-corrected chi connectivity index (χ2v) is 7.49. The van der Waals surface area contributed by atoms with Crippen LogP contribution in [-0.2, 0) is 4.74 Å². The van der Waals surface area contributed by atoms with Crippen molar-refractivity contribution < 1.29 is 23.8 Å². The van der Waals surface area contributed by atoms with Gasteiger partial charge in [-0.3, -0.25) is 4.79 Å². The van der Waals surface area contributed by atoms with Crippen molar-refractivity contribution in [3.63, 3.8) is 0 Å². The monoisotopic (exact) mass is 420 g/mol. The van der Waals surface area contributed by atoms with E-state index in [1.165, 1.54) is 0 Å². The minimum absolute atomic E-state index is 0.180. The molecular formula is C22H20N4O5. The van der Waals surface area contributed by atoms with Crippen LogP contribution in [0.25, 0.3) is 0 Å². The van der Waals surface area contributed by atoms with E-state index in [-0.39, 0.29) is 23.0 Å². The van der Waals surface area contributed by atoms with Gasteiger partial charge in [0.25, 0.3) is 0 Å². The van der Waals surface area contributed by atoms with Crippen LogP contribution >= 0.6 is 0 Å². The molecule has 2 aromatic carbocycles. The lowest BCUT2D eigenvalue weighted by atomic mass is 9.98. The summed E-state index contributed by atoms with van der Waals surface area (Å²) in [7, 11) is 0. The van der Waals surface area contributed by atoms with E-state index in [4.69, 9.17) is 14.2 Å². The van der Waals surface area contributed by atoms with Gasteiger partial charge in [-0.15, -0.1) is 5.10 Å². The van der Waals surface area contributed by atoms with Crippen molar-refractivity contribution in [2.24, 2.45) is 0 Å². The third kappa shape index (κ3) is 3.74. The largest absolute Gasteiger partial charge is 0.486 e. The molecule has 9 heteroatoms. The van der Waals surface area contributed by atoms with E-state index in [2.05, 4.69) is 15.5 Å². The average molecular weight is 420 g/mol. The maximum absolute atomic E-state index is 13.2. The van der Waals surface area contributed by atoms with Gasteiger partial charge >= 0.3 is 5.97 Å². The summed E-state index contributed by atoms with van der Waals surface area (Å²) in [6.45, 7) is 2.61. The Morgan fingerprint density at radius 2 is 1.81 bits per heavy atom. The van der Waals surface area contributed by atoms with Crippen molar-refractivity contribution in [3.8, 4) is 11.5 Å². The normalized spacial score (nSPS) is 15.9. The number of aromatic nitrogens is 4. The number of fused-ring (bicyclic) bond motifs is 1. The molecule has 5 rings (SSSR count). The molecule has 0 radical (unpaired) electrons. The smallest absolute Gasteiger partial charge is 0.339 e. The zero-order valence-corrected chi connectivity index (χ0v) is 16.9. The molecule has 1 atom stereocenters. The molecule has 31 heavy (non-hydrogen) atoms. The van der Waals surface area contributed by atoms with E-state index in [1.807, 2.05) is 0 Å². The van der Waals surface area contributed by atoms with E-state index in [9.17, 15) is 9.59 Å². The summed E-state index contributed by atoms with van der Waals surface area (Å²) >= 11 is 0. The molecule has 1 aliphatic heterocycles. The molecular weight excluding hydrogens is 400 g/mol. The van der Waals surface area contributed by atoms with Crippen LogP contribution in [-0.4, -0.2) is 45.2 Å². The van der Waals surface area contributed by atoms with E-state index < -0.39 is 12.1 Å². The number of esters is 1. The first-order chi connectivity index (χ1) is 15.1. The van der Waals surface area contributed by atoms with E-state index in [0.717, 1.165) is 12.8 Å². The standard InChI is InChI=1S/C22H20N4O5/c1-13(21-23-24-25-26(21)15-7-8-15)31-22(28)17-5-3-2-4-16(17)20(27)14-6-9-18-19(12-14)30-11-10-29-18/h2-6,9,12-13,15H,7-8,10-11H2,1H3. The van der Waals surface area contributed by atoms with Gasteiger partial charge in [-0.05, 0) is 54.5 Å². The van der Waals surface area contributed by atoms with Crippen molar-refractivity contribution in [1.82, 2.24) is 20.2 Å². The number of tetrazole rings is 1. The summed E-state index contributed by atoms with van der Waals surface area (Å²) < 4.78 is 18.4. The van der Waals surface area contributed by atoms with Crippen molar-refractivity contribution in [2.45, 2.75) is 31.9 Å². The molecule has 0 bridgehead atoms. The van der Waals surface area contributed by atoms with Gasteiger partial charge in [0, 0.05) is 11.1 Å². The van der Waals surface area contributed by atoms with Gasteiger partial charge in [0.2, 0.25) is 0 Å². The fraction of sp³-hybridized carbons (Fsp3) is 0.318. The Kier molecular flexibility index (Phi) is 4.85. The Bertz CT molecular complexity index is 1150. The fourth-order valence-electron chi connectivity index (χ4n) is 3.52. The number of ketones is 1. The third-order valence-corrected chi connectivity index (χ3v) is 5.25. The minimum atomic E-state index is -0.652. The van der Waals surface area contributed by atoms with E-state index >= 15 is 0 Å². The molecule has 1 aromatic heterocycles. The SMILES string of the molecule is CC(OC(=O)c1ccccc1C(=O)c1ccc2c(c1)OCCO2)c1nnnn1C1CC1. The summed E-state index contributed by atoms with van der Waals surface area (Å²) in [6, 6.07) is 11.8. The lowest BCUT2D eigenvalue weighted by Gasteiger charge is -2.19. The van der Waals surface area contributed by atoms with Crippen LogP contribution in [0.3, 0.4) is 0 Å². The van der Waals surface area contributed by atoms with Crippen LogP contribution in [0, 0.1) is 0 Å². The predicted molar refractivity (Wildman–Crippen MR) is 107 cm³/mol. The molecule has 0 N–H and O–H groups in total. The first-order valence-corrected chi connectivity index (χ1v) is 10.1. The summed E-state index contributed by atoms with van der Waals surface area (Å²) in [5.41, 5.74) is 0.827. The Balaban J connectivity index is 1.39. The second-order valence-electron chi connectivity index (χ2n) is 7.49. The zero-order chi connectivity index (χ0) is 21.4. The molecule has 3 aromatic rings. The summed E-state index contributed by atoms with van der Waals surface area (Å²) in [5, 5.41) is 11.7.